The highest BCUT2D eigenvalue weighted by Crippen LogP contribution is 2.37. The molecule has 2 aromatic rings. The van der Waals surface area contributed by atoms with Gasteiger partial charge in [-0.1, -0.05) is 102 Å². The fourth-order valence-corrected chi connectivity index (χ4v) is 5.63. The molecule has 2 aromatic carbocycles. The van der Waals surface area contributed by atoms with Crippen molar-refractivity contribution in [1.82, 2.24) is 0 Å². The number of ether oxygens (including phenoxy) is 4. The van der Waals surface area contributed by atoms with Crippen molar-refractivity contribution in [1.29, 1.82) is 0 Å². The standard InChI is InChI=1S/C21H22N2O2.C17H30N2O2/c1-21(2,19-22-17(13-24-19)15-9-5-3-6-10-15)20-23-18(14-25-20)16-11-7-4-8-12-16;1-15(2,3)11-9-20-13(18-11)17(7,8)14-19-12(10-21-14)16(4,5)6/h3-12,17-18H,13-14H2,1-2H3;11-12H,9-10H2,1-8H3. The van der Waals surface area contributed by atoms with Crippen LogP contribution in [0.5, 0.6) is 0 Å². The molecular weight excluding hydrogens is 576 g/mol. The van der Waals surface area contributed by atoms with Crippen LogP contribution >= 0.6 is 0 Å². The maximum absolute atomic E-state index is 5.93. The average Bonchev–Trinajstić information content (AvgIpc) is 3.83. The van der Waals surface area contributed by atoms with Crippen LogP contribution in [0, 0.1) is 21.7 Å². The number of hydrogen-bond acceptors (Lipinski definition) is 8. The van der Waals surface area contributed by atoms with Crippen LogP contribution in [0.25, 0.3) is 0 Å². The van der Waals surface area contributed by atoms with Gasteiger partial charge in [0.25, 0.3) is 0 Å². The smallest absolute Gasteiger partial charge is 0.199 e. The fraction of sp³-hybridized carbons (Fsp3) is 0.579. The summed E-state index contributed by atoms with van der Waals surface area (Å²) in [6, 6.07) is 21.0. The molecule has 4 aliphatic rings. The molecule has 0 spiro atoms. The molecule has 4 unspecified atom stereocenters. The van der Waals surface area contributed by atoms with Crippen LogP contribution < -0.4 is 0 Å². The van der Waals surface area contributed by atoms with Crippen LogP contribution in [0.4, 0.5) is 0 Å². The third kappa shape index (κ3) is 7.31. The molecule has 6 rings (SSSR count). The molecule has 4 heterocycles. The molecule has 0 N–H and O–H groups in total. The van der Waals surface area contributed by atoms with E-state index in [9.17, 15) is 0 Å². The second-order valence-electron chi connectivity index (χ2n) is 15.8. The number of nitrogens with zero attached hydrogens (tertiary/aromatic N) is 4. The van der Waals surface area contributed by atoms with E-state index in [0.717, 1.165) is 11.8 Å². The molecule has 0 aromatic heterocycles. The summed E-state index contributed by atoms with van der Waals surface area (Å²) in [5.41, 5.74) is 1.72. The van der Waals surface area contributed by atoms with Gasteiger partial charge in [0.2, 0.25) is 0 Å². The number of benzene rings is 2. The maximum Gasteiger partial charge on any atom is 0.199 e. The Morgan fingerprint density at radius 2 is 0.739 bits per heavy atom. The van der Waals surface area contributed by atoms with Gasteiger partial charge in [0.15, 0.2) is 23.6 Å². The van der Waals surface area contributed by atoms with Gasteiger partial charge in [-0.15, -0.1) is 0 Å². The lowest BCUT2D eigenvalue weighted by atomic mass is 9.87. The lowest BCUT2D eigenvalue weighted by molar-refractivity contribution is 0.214. The zero-order valence-corrected chi connectivity index (χ0v) is 29.3. The summed E-state index contributed by atoms with van der Waals surface area (Å²) in [4.78, 5) is 19.2. The molecule has 4 atom stereocenters. The Morgan fingerprint density at radius 3 is 1.04 bits per heavy atom. The highest BCUT2D eigenvalue weighted by atomic mass is 16.5. The summed E-state index contributed by atoms with van der Waals surface area (Å²) >= 11 is 0. The van der Waals surface area contributed by atoms with Crippen molar-refractivity contribution < 1.29 is 18.9 Å². The van der Waals surface area contributed by atoms with Crippen LogP contribution in [0.2, 0.25) is 0 Å². The quantitative estimate of drug-likeness (QED) is 0.324. The Morgan fingerprint density at radius 1 is 0.435 bits per heavy atom. The van der Waals surface area contributed by atoms with E-state index in [2.05, 4.69) is 93.5 Å². The first-order chi connectivity index (χ1) is 21.6. The summed E-state index contributed by atoms with van der Waals surface area (Å²) in [6.45, 7) is 23.9. The van der Waals surface area contributed by atoms with E-state index in [4.69, 9.17) is 38.9 Å². The van der Waals surface area contributed by atoms with Crippen LogP contribution in [0.15, 0.2) is 80.6 Å². The second kappa shape index (κ2) is 12.8. The Balaban J connectivity index is 0.000000184. The maximum atomic E-state index is 5.93. The van der Waals surface area contributed by atoms with Gasteiger partial charge in [-0.25, -0.2) is 20.0 Å². The van der Waals surface area contributed by atoms with Crippen LogP contribution in [0.3, 0.4) is 0 Å². The lowest BCUT2D eigenvalue weighted by Crippen LogP contribution is -2.34. The molecular formula is C38H52N4O4. The van der Waals surface area contributed by atoms with Gasteiger partial charge in [-0.2, -0.15) is 0 Å². The topological polar surface area (TPSA) is 86.4 Å². The molecule has 4 aliphatic heterocycles. The molecule has 0 radical (unpaired) electrons. The minimum absolute atomic E-state index is 0.0439. The zero-order valence-electron chi connectivity index (χ0n) is 29.3. The summed E-state index contributed by atoms with van der Waals surface area (Å²) in [5.74, 6) is 2.93. The van der Waals surface area contributed by atoms with Gasteiger partial charge < -0.3 is 18.9 Å². The highest BCUT2D eigenvalue weighted by molar-refractivity contribution is 6.06. The van der Waals surface area contributed by atoms with Gasteiger partial charge >= 0.3 is 0 Å². The third-order valence-electron chi connectivity index (χ3n) is 9.11. The molecule has 0 amide bonds. The molecule has 0 bridgehead atoms. The second-order valence-corrected chi connectivity index (χ2v) is 15.8. The summed E-state index contributed by atoms with van der Waals surface area (Å²) in [5, 5.41) is 0. The SMILES string of the molecule is CC(C)(C1=NC(C(C)(C)C)CO1)C1=NC(C(C)(C)C)CO1.CC(C)(C1=NC(c2ccccc2)CO1)C1=NC(c2ccccc2)CO1. The minimum atomic E-state index is -0.465. The first kappa shape index (κ1) is 33.7. The van der Waals surface area contributed by atoms with Crippen LogP contribution in [-0.4, -0.2) is 62.1 Å². The van der Waals surface area contributed by atoms with Gasteiger partial charge in [0.05, 0.1) is 12.1 Å². The average molecular weight is 629 g/mol. The highest BCUT2D eigenvalue weighted by Gasteiger charge is 2.45. The van der Waals surface area contributed by atoms with Gasteiger partial charge in [0, 0.05) is 0 Å². The third-order valence-corrected chi connectivity index (χ3v) is 9.11. The molecule has 0 saturated heterocycles. The van der Waals surface area contributed by atoms with E-state index in [0.29, 0.717) is 38.2 Å². The van der Waals surface area contributed by atoms with Crippen molar-refractivity contribution in [3.63, 3.8) is 0 Å². The summed E-state index contributed by atoms with van der Waals surface area (Å²) in [6.07, 6.45) is 0. The summed E-state index contributed by atoms with van der Waals surface area (Å²) in [7, 11) is 0. The van der Waals surface area contributed by atoms with E-state index in [1.165, 1.54) is 11.1 Å². The van der Waals surface area contributed by atoms with E-state index in [-0.39, 0.29) is 40.4 Å². The van der Waals surface area contributed by atoms with Crippen molar-refractivity contribution in [2.24, 2.45) is 41.6 Å². The monoisotopic (exact) mass is 628 g/mol. The molecule has 8 nitrogen and oxygen atoms in total. The normalized spacial score (nSPS) is 24.7. The van der Waals surface area contributed by atoms with E-state index in [1.54, 1.807) is 0 Å². The molecule has 248 valence electrons. The summed E-state index contributed by atoms with van der Waals surface area (Å²) < 4.78 is 23.6. The lowest BCUT2D eigenvalue weighted by Gasteiger charge is -2.23. The fourth-order valence-electron chi connectivity index (χ4n) is 5.63. The molecule has 46 heavy (non-hydrogen) atoms. The molecule has 8 heteroatoms. The van der Waals surface area contributed by atoms with Gasteiger partial charge in [-0.3, -0.25) is 0 Å². The van der Waals surface area contributed by atoms with E-state index < -0.39 is 5.41 Å². The van der Waals surface area contributed by atoms with Crippen molar-refractivity contribution >= 4 is 23.6 Å². The number of aliphatic imine (C=N–C) groups is 4. The predicted molar refractivity (Wildman–Crippen MR) is 186 cm³/mol. The van der Waals surface area contributed by atoms with Crippen molar-refractivity contribution in [3.8, 4) is 0 Å². The van der Waals surface area contributed by atoms with Crippen molar-refractivity contribution in [3.05, 3.63) is 71.8 Å². The largest absolute Gasteiger partial charge is 0.478 e. The van der Waals surface area contributed by atoms with E-state index in [1.807, 2.05) is 36.4 Å². The molecule has 0 fully saturated rings. The zero-order chi connectivity index (χ0) is 33.3. The molecule has 0 aliphatic carbocycles. The minimum Gasteiger partial charge on any atom is -0.478 e. The van der Waals surface area contributed by atoms with Crippen LogP contribution in [0.1, 0.15) is 92.4 Å². The Hall–Kier alpha value is -3.68. The number of rotatable bonds is 6. The Labute approximate surface area is 275 Å². The van der Waals surface area contributed by atoms with E-state index >= 15 is 0 Å². The predicted octanol–water partition coefficient (Wildman–Crippen LogP) is 8.05. The first-order valence-electron chi connectivity index (χ1n) is 16.5. The van der Waals surface area contributed by atoms with Crippen molar-refractivity contribution in [2.75, 3.05) is 26.4 Å². The van der Waals surface area contributed by atoms with Gasteiger partial charge in [0.1, 0.15) is 49.3 Å². The Kier molecular flexibility index (Phi) is 9.40. The van der Waals surface area contributed by atoms with Crippen molar-refractivity contribution in [2.45, 2.75) is 93.4 Å². The number of hydrogen-bond donors (Lipinski definition) is 0. The van der Waals surface area contributed by atoms with Gasteiger partial charge in [-0.05, 0) is 49.7 Å². The Bertz CT molecular complexity index is 1370. The molecule has 0 saturated carbocycles. The first-order valence-corrected chi connectivity index (χ1v) is 16.5. The van der Waals surface area contributed by atoms with Crippen LogP contribution in [-0.2, 0) is 18.9 Å².